The van der Waals surface area contributed by atoms with Crippen LogP contribution in [0.3, 0.4) is 0 Å². The van der Waals surface area contributed by atoms with E-state index in [2.05, 4.69) is 10.2 Å². The number of nitrogens with one attached hydrogen (secondary N) is 1. The third-order valence-electron chi connectivity index (χ3n) is 7.16. The molecule has 2 N–H and O–H groups in total. The molecule has 0 saturated carbocycles. The van der Waals surface area contributed by atoms with Crippen LogP contribution < -0.4 is 10.1 Å². The summed E-state index contributed by atoms with van der Waals surface area (Å²) in [4.78, 5) is 41.0. The molecule has 0 radical (unpaired) electrons. The van der Waals surface area contributed by atoms with Crippen LogP contribution in [0.4, 0.5) is 10.1 Å². The van der Waals surface area contributed by atoms with Gasteiger partial charge in [-0.05, 0) is 66.2 Å². The van der Waals surface area contributed by atoms with Crippen molar-refractivity contribution < 1.29 is 33.4 Å². The van der Waals surface area contributed by atoms with E-state index in [4.69, 9.17) is 38.4 Å². The first-order chi connectivity index (χ1) is 21.7. The van der Waals surface area contributed by atoms with E-state index in [-0.39, 0.29) is 35.4 Å². The molecule has 0 atom stereocenters. The fraction of sp³-hybridized carbons (Fsp3) is 0.250. The molecule has 0 aliphatic carbocycles. The van der Waals surface area contributed by atoms with E-state index in [9.17, 15) is 18.8 Å². The molecule has 0 bridgehead atoms. The number of benzene rings is 3. The Morgan fingerprint density at radius 3 is 2.56 bits per heavy atom. The molecule has 0 unspecified atom stereocenters. The van der Waals surface area contributed by atoms with Gasteiger partial charge in [0.05, 0.1) is 28.7 Å². The molecular weight excluding hydrogens is 641 g/mol. The van der Waals surface area contributed by atoms with Crippen molar-refractivity contribution in [3.05, 3.63) is 87.5 Å². The number of hydrogen-bond acceptors (Lipinski definition) is 8. The molecular formula is C32H29ClFN3O6S2. The van der Waals surface area contributed by atoms with Gasteiger partial charge in [-0.1, -0.05) is 41.6 Å². The van der Waals surface area contributed by atoms with E-state index in [1.54, 1.807) is 18.2 Å². The number of halogens is 2. The number of carboxylic acid groups (broad SMARTS) is 1. The number of anilines is 1. The maximum Gasteiger partial charge on any atom is 0.335 e. The highest BCUT2D eigenvalue weighted by Gasteiger charge is 2.32. The average Bonchev–Trinajstić information content (AvgIpc) is 3.28. The second-order valence-electron chi connectivity index (χ2n) is 10.2. The lowest BCUT2D eigenvalue weighted by molar-refractivity contribution is -0.122. The third-order valence-corrected chi connectivity index (χ3v) is 8.85. The fourth-order valence-electron chi connectivity index (χ4n) is 4.76. The zero-order valence-electron chi connectivity index (χ0n) is 24.0. The Kier molecular flexibility index (Phi) is 10.8. The molecule has 2 aliphatic heterocycles. The maximum absolute atomic E-state index is 13.7. The minimum absolute atomic E-state index is 0.0190. The van der Waals surface area contributed by atoms with Gasteiger partial charge in [0.1, 0.15) is 22.5 Å². The summed E-state index contributed by atoms with van der Waals surface area (Å²) in [5, 5.41) is 12.0. The lowest BCUT2D eigenvalue weighted by Crippen LogP contribution is -2.38. The number of thiocarbonyl (C=S) groups is 1. The van der Waals surface area contributed by atoms with Crippen LogP contribution >= 0.6 is 35.6 Å². The average molecular weight is 670 g/mol. The predicted octanol–water partition coefficient (Wildman–Crippen LogP) is 5.79. The number of rotatable bonds is 11. The molecule has 2 amide bonds. The summed E-state index contributed by atoms with van der Waals surface area (Å²) < 4.78 is 25.6. The number of amides is 2. The first kappa shape index (κ1) is 32.6. The van der Waals surface area contributed by atoms with Crippen molar-refractivity contribution in [1.29, 1.82) is 0 Å². The van der Waals surface area contributed by atoms with Crippen molar-refractivity contribution >= 4 is 69.4 Å². The molecule has 0 spiro atoms. The Morgan fingerprint density at radius 1 is 1.09 bits per heavy atom. The van der Waals surface area contributed by atoms with Gasteiger partial charge < -0.3 is 19.9 Å². The Morgan fingerprint density at radius 2 is 1.84 bits per heavy atom. The zero-order valence-corrected chi connectivity index (χ0v) is 26.4. The van der Waals surface area contributed by atoms with Crippen molar-refractivity contribution in [2.45, 2.75) is 6.42 Å². The van der Waals surface area contributed by atoms with Crippen LogP contribution in [0.1, 0.15) is 22.3 Å². The maximum atomic E-state index is 13.7. The summed E-state index contributed by atoms with van der Waals surface area (Å²) in [7, 11) is 0. The number of carboxylic acids is 1. The van der Waals surface area contributed by atoms with Crippen LogP contribution in [0.15, 0.2) is 65.6 Å². The van der Waals surface area contributed by atoms with Crippen LogP contribution in [0.5, 0.6) is 5.75 Å². The first-order valence-corrected chi connectivity index (χ1v) is 15.7. The smallest absolute Gasteiger partial charge is 0.335 e. The molecule has 2 aliphatic rings. The summed E-state index contributed by atoms with van der Waals surface area (Å²) in [6.07, 6.45) is 1.68. The number of ether oxygens (including phenoxy) is 2. The molecule has 2 saturated heterocycles. The van der Waals surface area contributed by atoms with Crippen molar-refractivity contribution in [2.75, 3.05) is 51.3 Å². The molecule has 13 heteroatoms. The third kappa shape index (κ3) is 8.47. The van der Waals surface area contributed by atoms with Crippen molar-refractivity contribution in [3.8, 4) is 16.9 Å². The lowest BCUT2D eigenvalue weighted by Gasteiger charge is -2.26. The molecule has 5 rings (SSSR count). The van der Waals surface area contributed by atoms with Crippen LogP contribution in [-0.4, -0.2) is 83.0 Å². The van der Waals surface area contributed by atoms with Gasteiger partial charge in [0.15, 0.2) is 0 Å². The number of thioether (sulfide) groups is 1. The van der Waals surface area contributed by atoms with E-state index >= 15 is 0 Å². The molecule has 3 aromatic rings. The quantitative estimate of drug-likeness (QED) is 0.194. The van der Waals surface area contributed by atoms with Gasteiger partial charge >= 0.3 is 5.97 Å². The van der Waals surface area contributed by atoms with Gasteiger partial charge in [-0.25, -0.2) is 9.18 Å². The van der Waals surface area contributed by atoms with Crippen LogP contribution in [-0.2, 0) is 14.3 Å². The highest BCUT2D eigenvalue weighted by Crippen LogP contribution is 2.37. The highest BCUT2D eigenvalue weighted by molar-refractivity contribution is 8.26. The lowest BCUT2D eigenvalue weighted by atomic mass is 10.0. The molecule has 45 heavy (non-hydrogen) atoms. The number of carbonyl (C=O) groups excluding carboxylic acids is 2. The normalized spacial score (nSPS) is 16.3. The van der Waals surface area contributed by atoms with E-state index in [0.717, 1.165) is 30.4 Å². The fourth-order valence-corrected chi connectivity index (χ4v) is 6.34. The first-order valence-electron chi connectivity index (χ1n) is 14.1. The van der Waals surface area contributed by atoms with E-state index in [0.29, 0.717) is 58.2 Å². The van der Waals surface area contributed by atoms with Crippen molar-refractivity contribution in [3.63, 3.8) is 0 Å². The molecule has 234 valence electrons. The number of morpholine rings is 1. The molecule has 0 aromatic heterocycles. The van der Waals surface area contributed by atoms with Crippen molar-refractivity contribution in [2.24, 2.45) is 0 Å². The van der Waals surface area contributed by atoms with Crippen LogP contribution in [0.2, 0.25) is 5.02 Å². The van der Waals surface area contributed by atoms with E-state index in [1.807, 2.05) is 12.1 Å². The van der Waals surface area contributed by atoms with Gasteiger partial charge in [0, 0.05) is 49.4 Å². The van der Waals surface area contributed by atoms with Crippen LogP contribution in [0, 0.1) is 5.82 Å². The summed E-state index contributed by atoms with van der Waals surface area (Å²) in [5.74, 6) is -1.64. The minimum atomic E-state index is -1.06. The summed E-state index contributed by atoms with van der Waals surface area (Å²) in [6.45, 7) is 4.22. The SMILES string of the molecule is O=C(CCN1C(=O)C(=Cc2cc(-c3ccc(F)cc3Cl)ccc2OCCN2CCOCC2)SC1=S)Nc1ccc(C(=O)O)cc1. The summed E-state index contributed by atoms with van der Waals surface area (Å²) in [5.41, 5.74) is 2.52. The van der Waals surface area contributed by atoms with Gasteiger partial charge in [-0.3, -0.25) is 19.4 Å². The second-order valence-corrected chi connectivity index (χ2v) is 12.3. The van der Waals surface area contributed by atoms with Gasteiger partial charge in [-0.2, -0.15) is 0 Å². The van der Waals surface area contributed by atoms with Crippen molar-refractivity contribution in [1.82, 2.24) is 9.80 Å². The highest BCUT2D eigenvalue weighted by atomic mass is 35.5. The monoisotopic (exact) mass is 669 g/mol. The predicted molar refractivity (Wildman–Crippen MR) is 176 cm³/mol. The number of aromatic carboxylic acids is 1. The largest absolute Gasteiger partial charge is 0.492 e. The van der Waals surface area contributed by atoms with Gasteiger partial charge in [-0.15, -0.1) is 0 Å². The Labute approximate surface area is 273 Å². The standard InChI is InChI=1S/C32H29ClFN3O6S2/c33-26-19-23(34)4-7-25(26)21-3-8-27(43-16-13-36-11-14-42-15-12-36)22(17-21)18-28-30(39)37(32(44)45-28)10-9-29(38)35-24-5-1-20(2-6-24)31(40)41/h1-8,17-19H,9-16H2,(H,35,38)(H,40,41). The number of hydrogen-bond donors (Lipinski definition) is 2. The molecule has 3 aromatic carbocycles. The Hall–Kier alpha value is -3.81. The topological polar surface area (TPSA) is 108 Å². The number of carbonyl (C=O) groups is 3. The molecule has 9 nitrogen and oxygen atoms in total. The summed E-state index contributed by atoms with van der Waals surface area (Å²) in [6, 6.07) is 15.4. The van der Waals surface area contributed by atoms with Gasteiger partial charge in [0.2, 0.25) is 5.91 Å². The Balaban J connectivity index is 1.30. The van der Waals surface area contributed by atoms with E-state index < -0.39 is 11.8 Å². The zero-order chi connectivity index (χ0) is 31.9. The minimum Gasteiger partial charge on any atom is -0.492 e. The number of nitrogens with zero attached hydrogens (tertiary/aromatic N) is 2. The molecule has 2 heterocycles. The van der Waals surface area contributed by atoms with E-state index in [1.165, 1.54) is 41.3 Å². The second kappa shape index (κ2) is 15.0. The Bertz CT molecular complexity index is 1650. The molecule has 2 fully saturated rings. The summed E-state index contributed by atoms with van der Waals surface area (Å²) >= 11 is 13.0. The van der Waals surface area contributed by atoms with Crippen LogP contribution in [0.25, 0.3) is 17.2 Å². The van der Waals surface area contributed by atoms with Gasteiger partial charge in [0.25, 0.3) is 5.91 Å².